The van der Waals surface area contributed by atoms with Crippen molar-refractivity contribution in [3.8, 4) is 5.82 Å². The second kappa shape index (κ2) is 7.40. The normalized spacial score (nSPS) is 17.4. The van der Waals surface area contributed by atoms with E-state index in [1.807, 2.05) is 18.2 Å². The number of likely N-dealkylation sites (tertiary alicyclic amines) is 1. The van der Waals surface area contributed by atoms with Crippen molar-refractivity contribution in [3.05, 3.63) is 48.2 Å². The van der Waals surface area contributed by atoms with E-state index in [0.717, 1.165) is 18.5 Å². The molecule has 10 heteroatoms. The molecular formula is C16H18N8O2. The Kier molecular flexibility index (Phi) is 4.65. The van der Waals surface area contributed by atoms with Crippen LogP contribution in [0.5, 0.6) is 0 Å². The van der Waals surface area contributed by atoms with Crippen molar-refractivity contribution in [2.75, 3.05) is 13.1 Å². The maximum absolute atomic E-state index is 12.9. The molecule has 0 radical (unpaired) electrons. The van der Waals surface area contributed by atoms with Crippen LogP contribution in [0.1, 0.15) is 28.9 Å². The molecule has 1 atom stereocenters. The Morgan fingerprint density at radius 1 is 1.38 bits per heavy atom. The van der Waals surface area contributed by atoms with Gasteiger partial charge in [0.05, 0.1) is 24.6 Å². The number of aromatic nitrogens is 7. The summed E-state index contributed by atoms with van der Waals surface area (Å²) in [6.45, 7) is 1.66. The number of pyridine rings is 1. The third kappa shape index (κ3) is 3.45. The monoisotopic (exact) mass is 354 g/mol. The predicted molar refractivity (Wildman–Crippen MR) is 89.3 cm³/mol. The first-order valence-electron chi connectivity index (χ1n) is 8.39. The molecule has 0 aromatic carbocycles. The summed E-state index contributed by atoms with van der Waals surface area (Å²) >= 11 is 0. The van der Waals surface area contributed by atoms with E-state index >= 15 is 0 Å². The third-order valence-electron chi connectivity index (χ3n) is 4.29. The van der Waals surface area contributed by atoms with Crippen molar-refractivity contribution in [2.45, 2.75) is 25.6 Å². The molecule has 26 heavy (non-hydrogen) atoms. The Hall–Kier alpha value is -3.14. The third-order valence-corrected chi connectivity index (χ3v) is 4.29. The molecule has 134 valence electrons. The number of ether oxygens (including phenoxy) is 1. The van der Waals surface area contributed by atoms with Gasteiger partial charge < -0.3 is 9.64 Å². The second-order valence-corrected chi connectivity index (χ2v) is 6.03. The number of nitrogens with one attached hydrogen (secondary N) is 1. The fourth-order valence-corrected chi connectivity index (χ4v) is 2.99. The fourth-order valence-electron chi connectivity index (χ4n) is 2.99. The Morgan fingerprint density at radius 3 is 3.15 bits per heavy atom. The summed E-state index contributed by atoms with van der Waals surface area (Å²) in [5.41, 5.74) is 1.31. The summed E-state index contributed by atoms with van der Waals surface area (Å²) in [4.78, 5) is 19.0. The van der Waals surface area contributed by atoms with Crippen molar-refractivity contribution >= 4 is 5.91 Å². The van der Waals surface area contributed by atoms with E-state index in [2.05, 4.69) is 30.7 Å². The highest BCUT2D eigenvalue weighted by Gasteiger charge is 2.28. The Labute approximate surface area is 149 Å². The number of nitrogens with zero attached hydrogens (tertiary/aromatic N) is 7. The molecule has 1 fully saturated rings. The van der Waals surface area contributed by atoms with Crippen molar-refractivity contribution in [2.24, 2.45) is 0 Å². The van der Waals surface area contributed by atoms with Crippen LogP contribution in [-0.2, 0) is 11.3 Å². The minimum atomic E-state index is -0.115. The van der Waals surface area contributed by atoms with Crippen LogP contribution >= 0.6 is 0 Å². The molecule has 4 rings (SSSR count). The maximum atomic E-state index is 12.9. The molecule has 3 aromatic heterocycles. The van der Waals surface area contributed by atoms with Crippen LogP contribution in [0.4, 0.5) is 0 Å². The van der Waals surface area contributed by atoms with Gasteiger partial charge in [-0.25, -0.2) is 0 Å². The quantitative estimate of drug-likeness (QED) is 0.713. The van der Waals surface area contributed by atoms with Gasteiger partial charge in [-0.1, -0.05) is 6.07 Å². The predicted octanol–water partition coefficient (Wildman–Crippen LogP) is 0.602. The van der Waals surface area contributed by atoms with Gasteiger partial charge in [0.15, 0.2) is 5.82 Å². The highest BCUT2D eigenvalue weighted by Crippen LogP contribution is 2.19. The van der Waals surface area contributed by atoms with Gasteiger partial charge in [-0.3, -0.25) is 14.9 Å². The maximum Gasteiger partial charge on any atom is 0.259 e. The largest absolute Gasteiger partial charge is 0.370 e. The van der Waals surface area contributed by atoms with Gasteiger partial charge in [-0.05, 0) is 35.4 Å². The van der Waals surface area contributed by atoms with Gasteiger partial charge >= 0.3 is 0 Å². The first-order valence-corrected chi connectivity index (χ1v) is 8.39. The molecule has 10 nitrogen and oxygen atoms in total. The van der Waals surface area contributed by atoms with Crippen LogP contribution in [0.2, 0.25) is 0 Å². The summed E-state index contributed by atoms with van der Waals surface area (Å²) in [6, 6.07) is 5.73. The van der Waals surface area contributed by atoms with Crippen molar-refractivity contribution in [3.63, 3.8) is 0 Å². The van der Waals surface area contributed by atoms with E-state index in [1.54, 1.807) is 11.1 Å². The lowest BCUT2D eigenvalue weighted by Gasteiger charge is -2.32. The Bertz CT molecular complexity index is 848. The average molecular weight is 354 g/mol. The zero-order valence-electron chi connectivity index (χ0n) is 14.0. The topological polar surface area (TPSA) is 115 Å². The molecule has 0 unspecified atom stereocenters. The molecule has 1 saturated heterocycles. The Morgan fingerprint density at radius 2 is 2.35 bits per heavy atom. The molecule has 4 heterocycles. The van der Waals surface area contributed by atoms with E-state index in [9.17, 15) is 4.79 Å². The highest BCUT2D eigenvalue weighted by atomic mass is 16.5. The van der Waals surface area contributed by atoms with Crippen LogP contribution < -0.4 is 0 Å². The van der Waals surface area contributed by atoms with Crippen LogP contribution in [-0.4, -0.2) is 65.4 Å². The van der Waals surface area contributed by atoms with Gasteiger partial charge in [0, 0.05) is 19.3 Å². The van der Waals surface area contributed by atoms with E-state index in [-0.39, 0.29) is 12.0 Å². The Balaban J connectivity index is 1.42. The first kappa shape index (κ1) is 16.3. The molecule has 0 bridgehead atoms. The number of rotatable bonds is 5. The number of carbonyl (C=O) groups excluding carboxylic acids is 1. The van der Waals surface area contributed by atoms with Crippen molar-refractivity contribution < 1.29 is 9.53 Å². The zero-order chi connectivity index (χ0) is 17.8. The van der Waals surface area contributed by atoms with Gasteiger partial charge in [0.2, 0.25) is 0 Å². The SMILES string of the molecule is O=C(c1cn[nH]c1-n1cnnn1)N1CCC[C@@H](OCc2ccccn2)C1. The second-order valence-electron chi connectivity index (χ2n) is 6.03. The van der Waals surface area contributed by atoms with E-state index in [0.29, 0.717) is 31.1 Å². The lowest BCUT2D eigenvalue weighted by molar-refractivity contribution is -0.00785. The average Bonchev–Trinajstić information content (AvgIpc) is 3.38. The van der Waals surface area contributed by atoms with Gasteiger partial charge in [-0.15, -0.1) is 5.10 Å². The summed E-state index contributed by atoms with van der Waals surface area (Å²) in [7, 11) is 0. The molecule has 0 saturated carbocycles. The molecule has 3 aromatic rings. The number of tetrazole rings is 1. The highest BCUT2D eigenvalue weighted by molar-refractivity contribution is 5.97. The van der Waals surface area contributed by atoms with Crippen LogP contribution in [0.3, 0.4) is 0 Å². The molecule has 1 N–H and O–H groups in total. The molecule has 1 aliphatic heterocycles. The number of hydrogen-bond acceptors (Lipinski definition) is 7. The number of amides is 1. The van der Waals surface area contributed by atoms with Gasteiger partial charge in [-0.2, -0.15) is 9.78 Å². The van der Waals surface area contributed by atoms with E-state index < -0.39 is 0 Å². The number of carbonyl (C=O) groups is 1. The lowest BCUT2D eigenvalue weighted by Crippen LogP contribution is -2.43. The van der Waals surface area contributed by atoms with Crippen molar-refractivity contribution in [1.82, 2.24) is 40.3 Å². The summed E-state index contributed by atoms with van der Waals surface area (Å²) in [6.07, 6.45) is 6.45. The number of aromatic amines is 1. The lowest BCUT2D eigenvalue weighted by atomic mass is 10.1. The molecule has 1 aliphatic rings. The fraction of sp³-hybridized carbons (Fsp3) is 0.375. The number of piperidine rings is 1. The minimum absolute atomic E-state index is 0.0157. The first-order chi connectivity index (χ1) is 12.8. The van der Waals surface area contributed by atoms with Crippen molar-refractivity contribution in [1.29, 1.82) is 0 Å². The van der Waals surface area contributed by atoms with Gasteiger partial charge in [0.1, 0.15) is 11.9 Å². The zero-order valence-corrected chi connectivity index (χ0v) is 14.0. The standard InChI is InChI=1S/C16H18N8O2/c25-16(14-8-18-20-15(14)24-11-19-21-22-24)23-7-3-5-13(9-23)26-10-12-4-1-2-6-17-12/h1-2,4,6,8,11,13H,3,5,7,9-10H2,(H,18,20)/t13-/m1/s1. The van der Waals surface area contributed by atoms with Crippen LogP contribution in [0, 0.1) is 0 Å². The number of hydrogen-bond donors (Lipinski definition) is 1. The summed E-state index contributed by atoms with van der Waals surface area (Å²) in [5.74, 6) is 0.340. The smallest absolute Gasteiger partial charge is 0.259 e. The van der Waals surface area contributed by atoms with Crippen LogP contribution in [0.25, 0.3) is 5.82 Å². The molecular weight excluding hydrogens is 336 g/mol. The molecule has 1 amide bonds. The minimum Gasteiger partial charge on any atom is -0.370 e. The summed E-state index contributed by atoms with van der Waals surface area (Å²) < 4.78 is 7.34. The van der Waals surface area contributed by atoms with Gasteiger partial charge in [0.25, 0.3) is 5.91 Å². The van der Waals surface area contributed by atoms with E-state index in [4.69, 9.17) is 4.74 Å². The molecule has 0 spiro atoms. The summed E-state index contributed by atoms with van der Waals surface area (Å²) in [5, 5.41) is 17.7. The number of H-pyrrole nitrogens is 1. The van der Waals surface area contributed by atoms with E-state index in [1.165, 1.54) is 17.2 Å². The molecule has 0 aliphatic carbocycles. The van der Waals surface area contributed by atoms with Crippen LogP contribution in [0.15, 0.2) is 36.9 Å².